The summed E-state index contributed by atoms with van der Waals surface area (Å²) in [5.41, 5.74) is 9.31. The first-order chi connectivity index (χ1) is 9.72. The number of benzene rings is 1. The van der Waals surface area contributed by atoms with Crippen molar-refractivity contribution >= 4 is 0 Å². The maximum atomic E-state index is 9.98. The van der Waals surface area contributed by atoms with E-state index in [2.05, 4.69) is 10.0 Å². The third-order valence-corrected chi connectivity index (χ3v) is 3.18. The largest absolute Gasteiger partial charge is 0.390 e. The predicted octanol–water partition coefficient (Wildman–Crippen LogP) is 1.35. The molecule has 7 nitrogen and oxygen atoms in total. The van der Waals surface area contributed by atoms with E-state index in [0.29, 0.717) is 6.42 Å². The minimum atomic E-state index is -1.38. The minimum absolute atomic E-state index is 0.283. The van der Waals surface area contributed by atoms with Gasteiger partial charge in [-0.1, -0.05) is 35.4 Å². The van der Waals surface area contributed by atoms with Crippen LogP contribution in [0.25, 0.3) is 10.4 Å². The highest BCUT2D eigenvalue weighted by atomic mass is 16.6. The zero-order chi connectivity index (χ0) is 14.4. The molecule has 20 heavy (non-hydrogen) atoms. The van der Waals surface area contributed by atoms with Crippen LogP contribution in [0.5, 0.6) is 0 Å². The number of aliphatic hydroxyl groups excluding tert-OH is 2. The van der Waals surface area contributed by atoms with Gasteiger partial charge >= 0.3 is 0 Å². The maximum Gasteiger partial charge on any atom is 0.161 e. The molecule has 0 amide bonds. The van der Waals surface area contributed by atoms with Crippen molar-refractivity contribution < 1.29 is 19.7 Å². The number of azide groups is 1. The summed E-state index contributed by atoms with van der Waals surface area (Å²) >= 11 is 0. The number of ether oxygens (including phenoxy) is 2. The maximum absolute atomic E-state index is 9.98. The van der Waals surface area contributed by atoms with Crippen LogP contribution in [0.1, 0.15) is 12.0 Å². The number of rotatable bonds is 5. The number of aliphatic hydroxyl groups is 2. The van der Waals surface area contributed by atoms with Crippen molar-refractivity contribution in [3.8, 4) is 0 Å². The molecule has 7 heteroatoms. The van der Waals surface area contributed by atoms with Gasteiger partial charge < -0.3 is 19.7 Å². The van der Waals surface area contributed by atoms with Gasteiger partial charge in [-0.15, -0.1) is 0 Å². The van der Waals surface area contributed by atoms with Crippen LogP contribution < -0.4 is 0 Å². The third-order valence-electron chi connectivity index (χ3n) is 3.18. The topological polar surface area (TPSA) is 108 Å². The summed E-state index contributed by atoms with van der Waals surface area (Å²) in [4.78, 5) is 2.55. The Hall–Kier alpha value is -1.63. The second-order valence-corrected chi connectivity index (χ2v) is 4.57. The summed E-state index contributed by atoms with van der Waals surface area (Å²) in [5, 5.41) is 22.9. The van der Waals surface area contributed by atoms with E-state index in [1.807, 2.05) is 30.3 Å². The summed E-state index contributed by atoms with van der Waals surface area (Å²) < 4.78 is 11.0. The molecule has 0 bridgehead atoms. The molecule has 0 spiro atoms. The molecule has 1 aliphatic heterocycles. The molecule has 1 unspecified atom stereocenters. The Labute approximate surface area is 116 Å². The average Bonchev–Trinajstić information content (AvgIpc) is 2.47. The minimum Gasteiger partial charge on any atom is -0.390 e. The van der Waals surface area contributed by atoms with Crippen molar-refractivity contribution in [1.82, 2.24) is 0 Å². The molecule has 1 aromatic carbocycles. The van der Waals surface area contributed by atoms with Crippen LogP contribution >= 0.6 is 0 Å². The molecule has 0 aromatic heterocycles. The van der Waals surface area contributed by atoms with Crippen LogP contribution in [0, 0.1) is 0 Å². The highest BCUT2D eigenvalue weighted by molar-refractivity contribution is 5.13. The molecule has 4 atom stereocenters. The summed E-state index contributed by atoms with van der Waals surface area (Å²) in [6.07, 6.45) is -3.32. The monoisotopic (exact) mass is 279 g/mol. The fraction of sp³-hybridized carbons (Fsp3) is 0.538. The Morgan fingerprint density at radius 3 is 2.90 bits per heavy atom. The second kappa shape index (κ2) is 7.23. The predicted molar refractivity (Wildman–Crippen MR) is 70.5 cm³/mol. The lowest BCUT2D eigenvalue weighted by atomic mass is 10.0. The molecule has 2 N–H and O–H groups in total. The van der Waals surface area contributed by atoms with E-state index >= 15 is 0 Å². The smallest absolute Gasteiger partial charge is 0.161 e. The van der Waals surface area contributed by atoms with Gasteiger partial charge in [0.15, 0.2) is 6.23 Å². The van der Waals surface area contributed by atoms with Gasteiger partial charge in [0, 0.05) is 11.5 Å². The molecule has 0 aliphatic carbocycles. The fourth-order valence-corrected chi connectivity index (χ4v) is 2.15. The third kappa shape index (κ3) is 3.69. The Kier molecular flexibility index (Phi) is 5.34. The molecule has 0 saturated carbocycles. The van der Waals surface area contributed by atoms with Gasteiger partial charge in [-0.05, 0) is 17.5 Å². The first-order valence-electron chi connectivity index (χ1n) is 6.40. The first-order valence-corrected chi connectivity index (χ1v) is 6.40. The molecule has 1 heterocycles. The highest BCUT2D eigenvalue weighted by Gasteiger charge is 2.38. The van der Waals surface area contributed by atoms with Gasteiger partial charge in [-0.2, -0.15) is 0 Å². The summed E-state index contributed by atoms with van der Waals surface area (Å²) in [6.45, 7) is 0.570. The van der Waals surface area contributed by atoms with Crippen LogP contribution in [0.3, 0.4) is 0 Å². The van der Waals surface area contributed by atoms with Crippen molar-refractivity contribution in [3.63, 3.8) is 0 Å². The molecule has 108 valence electrons. The van der Waals surface area contributed by atoms with Gasteiger partial charge in [0.25, 0.3) is 0 Å². The van der Waals surface area contributed by atoms with E-state index in [1.54, 1.807) is 0 Å². The van der Waals surface area contributed by atoms with Crippen molar-refractivity contribution in [3.05, 3.63) is 46.3 Å². The molecular weight excluding hydrogens is 262 g/mol. The Morgan fingerprint density at radius 1 is 1.45 bits per heavy atom. The van der Waals surface area contributed by atoms with E-state index in [9.17, 15) is 10.2 Å². The van der Waals surface area contributed by atoms with Gasteiger partial charge in [-0.25, -0.2) is 0 Å². The van der Waals surface area contributed by atoms with Crippen LogP contribution in [0.15, 0.2) is 35.4 Å². The Bertz CT molecular complexity index is 464. The summed E-state index contributed by atoms with van der Waals surface area (Å²) in [6, 6.07) is 9.47. The highest BCUT2D eigenvalue weighted by Crippen LogP contribution is 2.22. The molecule has 0 radical (unpaired) electrons. The number of hydrogen-bond acceptors (Lipinski definition) is 5. The van der Waals surface area contributed by atoms with Gasteiger partial charge in [0.2, 0.25) is 0 Å². The standard InChI is InChI=1S/C13H17N3O4/c14-16-15-13(18)12-11(10(17)6-7-19-12)20-8-9-4-2-1-3-5-9/h1-5,10-13,17-18H,6-8H2/t10-,11+,12+,13?/m1/s1. The van der Waals surface area contributed by atoms with Crippen molar-refractivity contribution in [1.29, 1.82) is 0 Å². The van der Waals surface area contributed by atoms with E-state index in [0.717, 1.165) is 5.56 Å². The molecule has 1 aliphatic rings. The Morgan fingerprint density at radius 2 is 2.20 bits per heavy atom. The second-order valence-electron chi connectivity index (χ2n) is 4.57. The zero-order valence-corrected chi connectivity index (χ0v) is 10.9. The SMILES string of the molecule is [N-]=[N+]=NC(O)[C@H]1OCC[C@@H](O)[C@@H]1OCc1ccccc1. The van der Waals surface area contributed by atoms with E-state index in [1.165, 1.54) is 0 Å². The Balaban J connectivity index is 2.02. The lowest BCUT2D eigenvalue weighted by Crippen LogP contribution is -2.51. The van der Waals surface area contributed by atoms with Gasteiger partial charge in [-0.3, -0.25) is 0 Å². The van der Waals surface area contributed by atoms with Gasteiger partial charge in [0.05, 0.1) is 12.7 Å². The zero-order valence-electron chi connectivity index (χ0n) is 10.9. The lowest BCUT2D eigenvalue weighted by Gasteiger charge is -2.36. The van der Waals surface area contributed by atoms with E-state index in [4.69, 9.17) is 15.0 Å². The van der Waals surface area contributed by atoms with Crippen LogP contribution in [0.4, 0.5) is 0 Å². The van der Waals surface area contributed by atoms with E-state index in [-0.39, 0.29) is 13.2 Å². The number of hydrogen-bond donors (Lipinski definition) is 2. The van der Waals surface area contributed by atoms with Crippen molar-refractivity contribution in [2.24, 2.45) is 5.11 Å². The summed E-state index contributed by atoms with van der Waals surface area (Å²) in [5.74, 6) is 0. The van der Waals surface area contributed by atoms with Gasteiger partial charge in [0.1, 0.15) is 12.2 Å². The van der Waals surface area contributed by atoms with Crippen LogP contribution in [-0.4, -0.2) is 41.4 Å². The molecule has 2 rings (SSSR count). The van der Waals surface area contributed by atoms with Crippen molar-refractivity contribution in [2.75, 3.05) is 6.61 Å². The molecule has 1 fully saturated rings. The quantitative estimate of drug-likeness (QED) is 0.481. The molecular formula is C13H17N3O4. The molecule has 1 saturated heterocycles. The fourth-order valence-electron chi connectivity index (χ4n) is 2.15. The normalized spacial score (nSPS) is 27.6. The average molecular weight is 279 g/mol. The first kappa shape index (κ1) is 14.8. The van der Waals surface area contributed by atoms with E-state index < -0.39 is 24.5 Å². The lowest BCUT2D eigenvalue weighted by molar-refractivity contribution is -0.192. The van der Waals surface area contributed by atoms with Crippen LogP contribution in [-0.2, 0) is 16.1 Å². The summed E-state index contributed by atoms with van der Waals surface area (Å²) in [7, 11) is 0. The number of nitrogens with zero attached hydrogens (tertiary/aromatic N) is 3. The molecule has 1 aromatic rings. The van der Waals surface area contributed by atoms with Crippen LogP contribution in [0.2, 0.25) is 0 Å². The van der Waals surface area contributed by atoms with Crippen molar-refractivity contribution in [2.45, 2.75) is 37.6 Å².